The van der Waals surface area contributed by atoms with E-state index in [4.69, 9.17) is 21.8 Å². The van der Waals surface area contributed by atoms with Crippen LogP contribution in [-0.2, 0) is 4.43 Å². The van der Waals surface area contributed by atoms with Crippen molar-refractivity contribution in [1.82, 2.24) is 19.5 Å². The van der Waals surface area contributed by atoms with Crippen LogP contribution in [0.15, 0.2) is 18.5 Å². The molecule has 0 unspecified atom stereocenters. The number of hydrogen-bond donors (Lipinski definition) is 1. The number of anilines is 1. The fourth-order valence-corrected chi connectivity index (χ4v) is 4.04. The van der Waals surface area contributed by atoms with Gasteiger partial charge in [0.25, 0.3) is 0 Å². The molecule has 0 saturated carbocycles. The lowest BCUT2D eigenvalue weighted by Gasteiger charge is -2.36. The number of nitrogen functional groups attached to an aromatic ring is 1. The van der Waals surface area contributed by atoms with Gasteiger partial charge in [0, 0.05) is 12.5 Å². The van der Waals surface area contributed by atoms with Crippen LogP contribution in [0.3, 0.4) is 0 Å². The summed E-state index contributed by atoms with van der Waals surface area (Å²) in [5.74, 6) is 0.560. The first-order valence-electron chi connectivity index (χ1n) is 8.56. The number of halogens is 1. The van der Waals surface area contributed by atoms with Crippen LogP contribution in [0.2, 0.25) is 23.3 Å². The minimum absolute atomic E-state index is 0.166. The van der Waals surface area contributed by atoms with Gasteiger partial charge in [-0.1, -0.05) is 44.5 Å². The first kappa shape index (κ1) is 18.4. The molecule has 0 fully saturated rings. The van der Waals surface area contributed by atoms with E-state index in [0.717, 1.165) is 13.0 Å². The van der Waals surface area contributed by atoms with E-state index in [1.54, 1.807) is 6.33 Å². The first-order valence-corrected chi connectivity index (χ1v) is 11.8. The van der Waals surface area contributed by atoms with Gasteiger partial charge in [0.15, 0.2) is 19.1 Å². The molecular formula is C17H26ClN5OSi. The van der Waals surface area contributed by atoms with E-state index in [2.05, 4.69) is 61.0 Å². The van der Waals surface area contributed by atoms with Gasteiger partial charge in [0.2, 0.25) is 5.95 Å². The highest BCUT2D eigenvalue weighted by Gasteiger charge is 2.38. The topological polar surface area (TPSA) is 78.8 Å². The molecule has 6 nitrogen and oxygen atoms in total. The Kier molecular flexibility index (Phi) is 4.68. The Labute approximate surface area is 154 Å². The highest BCUT2D eigenvalue weighted by Crippen LogP contribution is 2.38. The molecule has 0 bridgehead atoms. The van der Waals surface area contributed by atoms with Crippen molar-refractivity contribution in [3.8, 4) is 0 Å². The van der Waals surface area contributed by atoms with Crippen molar-refractivity contribution in [1.29, 1.82) is 0 Å². The third-order valence-electron chi connectivity index (χ3n) is 5.37. The van der Waals surface area contributed by atoms with Gasteiger partial charge in [-0.25, -0.2) is 4.98 Å². The van der Waals surface area contributed by atoms with Crippen molar-refractivity contribution in [2.24, 2.45) is 5.92 Å². The van der Waals surface area contributed by atoms with E-state index < -0.39 is 8.32 Å². The van der Waals surface area contributed by atoms with E-state index >= 15 is 0 Å². The molecule has 1 aliphatic rings. The van der Waals surface area contributed by atoms with Gasteiger partial charge >= 0.3 is 0 Å². The molecule has 0 spiro atoms. The van der Waals surface area contributed by atoms with Crippen molar-refractivity contribution < 1.29 is 4.43 Å². The van der Waals surface area contributed by atoms with Gasteiger partial charge in [-0.15, -0.1) is 0 Å². The molecule has 0 amide bonds. The summed E-state index contributed by atoms with van der Waals surface area (Å²) in [5.41, 5.74) is 7.00. The molecule has 25 heavy (non-hydrogen) atoms. The Hall–Kier alpha value is -1.44. The highest BCUT2D eigenvalue weighted by molar-refractivity contribution is 6.74. The van der Waals surface area contributed by atoms with Crippen molar-refractivity contribution in [3.05, 3.63) is 23.6 Å². The number of fused-ring (bicyclic) bond motifs is 1. The number of nitrogens with two attached hydrogens (primary N) is 1. The summed E-state index contributed by atoms with van der Waals surface area (Å²) in [6.45, 7) is 12.1. The molecule has 0 saturated heterocycles. The second kappa shape index (κ2) is 6.37. The van der Waals surface area contributed by atoms with Crippen molar-refractivity contribution in [3.63, 3.8) is 0 Å². The van der Waals surface area contributed by atoms with Gasteiger partial charge in [0.05, 0.1) is 12.4 Å². The molecule has 0 aliphatic heterocycles. The lowest BCUT2D eigenvalue weighted by molar-refractivity contribution is 0.244. The zero-order valence-corrected chi connectivity index (χ0v) is 17.2. The number of imidazole rings is 1. The van der Waals surface area contributed by atoms with Crippen LogP contribution in [0.25, 0.3) is 11.2 Å². The normalized spacial score (nSPS) is 21.4. The second-order valence-corrected chi connectivity index (χ2v) is 13.4. The molecule has 0 radical (unpaired) electrons. The molecule has 0 aromatic carbocycles. The molecule has 2 atom stereocenters. The Morgan fingerprint density at radius 2 is 2.04 bits per heavy atom. The lowest BCUT2D eigenvalue weighted by atomic mass is 10.1. The van der Waals surface area contributed by atoms with Crippen LogP contribution >= 0.6 is 11.6 Å². The summed E-state index contributed by atoms with van der Waals surface area (Å²) < 4.78 is 8.38. The van der Waals surface area contributed by atoms with Crippen molar-refractivity contribution in [2.75, 3.05) is 12.3 Å². The second-order valence-electron chi connectivity index (χ2n) is 8.22. The average Bonchev–Trinajstić information content (AvgIpc) is 3.10. The number of rotatable bonds is 4. The Bertz CT molecular complexity index is 811. The van der Waals surface area contributed by atoms with Crippen molar-refractivity contribution >= 4 is 37.0 Å². The Balaban J connectivity index is 1.71. The monoisotopic (exact) mass is 379 g/mol. The SMILES string of the molecule is CC(C)(C)[Si](C)(C)OC[C@@H]1C=C[C@H](n2cnc3c(Cl)nc(N)nc32)C1. The van der Waals surface area contributed by atoms with Gasteiger partial charge in [0.1, 0.15) is 5.52 Å². The predicted molar refractivity (Wildman–Crippen MR) is 104 cm³/mol. The average molecular weight is 380 g/mol. The molecule has 2 aromatic heterocycles. The maximum Gasteiger partial charge on any atom is 0.223 e. The van der Waals surface area contributed by atoms with Crippen molar-refractivity contribution in [2.45, 2.75) is 51.4 Å². The molecule has 1 aliphatic carbocycles. The van der Waals surface area contributed by atoms with E-state index in [-0.39, 0.29) is 17.0 Å². The fraction of sp³-hybridized carbons (Fsp3) is 0.588. The zero-order valence-electron chi connectivity index (χ0n) is 15.5. The third kappa shape index (κ3) is 3.59. The number of hydrogen-bond acceptors (Lipinski definition) is 5. The summed E-state index contributed by atoms with van der Waals surface area (Å²) >= 11 is 6.11. The summed E-state index contributed by atoms with van der Waals surface area (Å²) in [5, 5.41) is 0.515. The maximum atomic E-state index is 6.37. The molecule has 3 rings (SSSR count). The molecule has 2 N–H and O–H groups in total. The lowest BCUT2D eigenvalue weighted by Crippen LogP contribution is -2.41. The van der Waals surface area contributed by atoms with Crippen LogP contribution < -0.4 is 5.73 Å². The van der Waals surface area contributed by atoms with E-state index in [9.17, 15) is 0 Å². The molecule has 8 heteroatoms. The molecule has 2 aromatic rings. The Morgan fingerprint density at radius 3 is 2.72 bits per heavy atom. The zero-order chi connectivity index (χ0) is 18.4. The third-order valence-corrected chi connectivity index (χ3v) is 10.1. The predicted octanol–water partition coefficient (Wildman–Crippen LogP) is 4.20. The standard InChI is InChI=1S/C17H26ClN5OSi/c1-17(2,3)25(4,5)24-9-11-6-7-12(8-11)23-10-20-13-14(18)21-16(19)22-15(13)23/h6-7,10-12H,8-9H2,1-5H3,(H2,19,21,22)/t11-,12+/m1/s1. The van der Waals surface area contributed by atoms with E-state index in [1.807, 2.05) is 4.57 Å². The molecular weight excluding hydrogens is 354 g/mol. The summed E-state index contributed by atoms with van der Waals surface area (Å²) in [4.78, 5) is 12.6. The van der Waals surface area contributed by atoms with Crippen LogP contribution in [0, 0.1) is 5.92 Å². The van der Waals surface area contributed by atoms with Gasteiger partial charge in [-0.3, -0.25) is 0 Å². The summed E-state index contributed by atoms with van der Waals surface area (Å²) in [6, 6.07) is 0.184. The minimum atomic E-state index is -1.73. The van der Waals surface area contributed by atoms with E-state index in [1.165, 1.54) is 0 Å². The van der Waals surface area contributed by atoms with Crippen LogP contribution in [-0.4, -0.2) is 34.4 Å². The minimum Gasteiger partial charge on any atom is -0.416 e. The first-order chi connectivity index (χ1) is 11.6. The summed E-state index contributed by atoms with van der Waals surface area (Å²) in [7, 11) is -1.73. The molecule has 2 heterocycles. The Morgan fingerprint density at radius 1 is 1.32 bits per heavy atom. The van der Waals surface area contributed by atoms with Gasteiger partial charge < -0.3 is 14.7 Å². The summed E-state index contributed by atoms with van der Waals surface area (Å²) in [6.07, 6.45) is 7.14. The molecule has 136 valence electrons. The van der Waals surface area contributed by atoms with Gasteiger partial charge in [-0.05, 0) is 24.6 Å². The number of allylic oxidation sites excluding steroid dienone is 1. The number of aromatic nitrogens is 4. The number of nitrogens with zero attached hydrogens (tertiary/aromatic N) is 4. The highest BCUT2D eigenvalue weighted by atomic mass is 35.5. The maximum absolute atomic E-state index is 6.37. The van der Waals surface area contributed by atoms with Crippen LogP contribution in [0.5, 0.6) is 0 Å². The van der Waals surface area contributed by atoms with Gasteiger partial charge in [-0.2, -0.15) is 9.97 Å². The van der Waals surface area contributed by atoms with Crippen LogP contribution in [0.1, 0.15) is 33.2 Å². The van der Waals surface area contributed by atoms with Crippen LogP contribution in [0.4, 0.5) is 5.95 Å². The smallest absolute Gasteiger partial charge is 0.223 e. The quantitative estimate of drug-likeness (QED) is 0.489. The van der Waals surface area contributed by atoms with E-state index in [0.29, 0.717) is 22.2 Å². The fourth-order valence-electron chi connectivity index (χ4n) is 2.76. The largest absolute Gasteiger partial charge is 0.416 e.